The fraction of sp³-hybridized carbons (Fsp3) is 0.118. The van der Waals surface area contributed by atoms with Gasteiger partial charge in [-0.1, -0.05) is 54.1 Å². The second kappa shape index (κ2) is 6.50. The minimum absolute atomic E-state index is 0.176. The Morgan fingerprint density at radius 2 is 1.62 bits per heavy atom. The van der Waals surface area contributed by atoms with Crippen LogP contribution < -0.4 is 0 Å². The number of sulfone groups is 1. The summed E-state index contributed by atoms with van der Waals surface area (Å²) in [5.74, 6) is -0.946. The number of ketones is 1. The third-order valence-corrected chi connectivity index (χ3v) is 4.63. The van der Waals surface area contributed by atoms with Crippen LogP contribution in [0.25, 0.3) is 6.08 Å². The maximum atomic E-state index is 12.1. The Labute approximate surface area is 124 Å². The second-order valence-corrected chi connectivity index (χ2v) is 6.77. The van der Waals surface area contributed by atoms with Gasteiger partial charge in [-0.15, -0.1) is 0 Å². The van der Waals surface area contributed by atoms with Crippen molar-refractivity contribution >= 4 is 21.7 Å². The van der Waals surface area contributed by atoms with Crippen molar-refractivity contribution in [3.63, 3.8) is 0 Å². The maximum absolute atomic E-state index is 12.1. The van der Waals surface area contributed by atoms with Crippen molar-refractivity contribution in [1.29, 1.82) is 0 Å². The smallest absolute Gasteiger partial charge is 0.185 e. The maximum Gasteiger partial charge on any atom is 0.185 e. The normalized spacial score (nSPS) is 11.7. The van der Waals surface area contributed by atoms with E-state index >= 15 is 0 Å². The molecule has 0 N–H and O–H groups in total. The fourth-order valence-electron chi connectivity index (χ4n) is 1.82. The van der Waals surface area contributed by atoms with Crippen LogP contribution in [0.1, 0.15) is 11.1 Å². The van der Waals surface area contributed by atoms with Gasteiger partial charge in [0.15, 0.2) is 15.6 Å². The third-order valence-electron chi connectivity index (χ3n) is 2.97. The van der Waals surface area contributed by atoms with Crippen molar-refractivity contribution in [3.05, 3.63) is 71.8 Å². The average molecular weight is 300 g/mol. The molecular weight excluding hydrogens is 284 g/mol. The van der Waals surface area contributed by atoms with E-state index in [4.69, 9.17) is 0 Å². The van der Waals surface area contributed by atoms with E-state index in [2.05, 4.69) is 0 Å². The van der Waals surface area contributed by atoms with Gasteiger partial charge < -0.3 is 0 Å². The molecule has 3 nitrogen and oxygen atoms in total. The number of hydrogen-bond acceptors (Lipinski definition) is 3. The first kappa shape index (κ1) is 15.2. The number of carbonyl (C=O) groups excluding carboxylic acids is 1. The molecule has 4 heteroatoms. The Kier molecular flexibility index (Phi) is 4.70. The first-order chi connectivity index (χ1) is 9.97. The molecule has 0 aliphatic rings. The lowest BCUT2D eigenvalue weighted by atomic mass is 10.2. The van der Waals surface area contributed by atoms with Gasteiger partial charge in [-0.2, -0.15) is 0 Å². The Hall–Kier alpha value is -2.20. The molecule has 0 aromatic heterocycles. The van der Waals surface area contributed by atoms with Crippen molar-refractivity contribution in [2.24, 2.45) is 0 Å². The molecule has 2 rings (SSSR count). The fourth-order valence-corrected chi connectivity index (χ4v) is 3.01. The summed E-state index contributed by atoms with van der Waals surface area (Å²) in [5, 5.41) is 0. The molecule has 0 bridgehead atoms. The molecule has 0 saturated heterocycles. The summed E-state index contributed by atoms with van der Waals surface area (Å²) in [6, 6.07) is 15.8. The van der Waals surface area contributed by atoms with E-state index in [1.54, 1.807) is 18.2 Å². The van der Waals surface area contributed by atoms with Gasteiger partial charge >= 0.3 is 0 Å². The number of carbonyl (C=O) groups is 1. The van der Waals surface area contributed by atoms with Crippen LogP contribution in [0.15, 0.2) is 65.6 Å². The predicted molar refractivity (Wildman–Crippen MR) is 83.7 cm³/mol. The topological polar surface area (TPSA) is 51.2 Å². The molecule has 0 saturated carbocycles. The lowest BCUT2D eigenvalue weighted by Gasteiger charge is -2.02. The molecule has 21 heavy (non-hydrogen) atoms. The van der Waals surface area contributed by atoms with Gasteiger partial charge in [0, 0.05) is 0 Å². The highest BCUT2D eigenvalue weighted by Crippen LogP contribution is 2.12. The summed E-state index contributed by atoms with van der Waals surface area (Å²) >= 11 is 0. The van der Waals surface area contributed by atoms with Gasteiger partial charge in [0.05, 0.1) is 4.90 Å². The molecule has 2 aromatic carbocycles. The molecular formula is C17H16O3S. The van der Waals surface area contributed by atoms with E-state index in [1.165, 1.54) is 18.2 Å². The van der Waals surface area contributed by atoms with Gasteiger partial charge in [0.1, 0.15) is 5.75 Å². The molecule has 0 aliphatic heterocycles. The quantitative estimate of drug-likeness (QED) is 0.797. The van der Waals surface area contributed by atoms with Crippen LogP contribution in [0.5, 0.6) is 0 Å². The average Bonchev–Trinajstić information content (AvgIpc) is 2.46. The van der Waals surface area contributed by atoms with E-state index in [9.17, 15) is 13.2 Å². The number of aryl methyl sites for hydroxylation is 1. The molecule has 0 atom stereocenters. The molecule has 108 valence electrons. The van der Waals surface area contributed by atoms with Crippen molar-refractivity contribution < 1.29 is 13.2 Å². The Balaban J connectivity index is 2.08. The minimum atomic E-state index is -3.58. The third kappa shape index (κ3) is 4.39. The van der Waals surface area contributed by atoms with Crippen LogP contribution in [0.4, 0.5) is 0 Å². The van der Waals surface area contributed by atoms with Crippen molar-refractivity contribution in [2.75, 3.05) is 5.75 Å². The van der Waals surface area contributed by atoms with Gasteiger partial charge in [-0.25, -0.2) is 8.42 Å². The predicted octanol–water partition coefficient (Wildman–Crippen LogP) is 3.05. The zero-order chi connectivity index (χ0) is 15.3. The van der Waals surface area contributed by atoms with E-state index < -0.39 is 21.4 Å². The molecule has 0 aliphatic carbocycles. The summed E-state index contributed by atoms with van der Waals surface area (Å²) in [6.45, 7) is 1.88. The number of benzene rings is 2. The van der Waals surface area contributed by atoms with Crippen molar-refractivity contribution in [1.82, 2.24) is 0 Å². The van der Waals surface area contributed by atoms with Crippen molar-refractivity contribution in [3.8, 4) is 0 Å². The number of rotatable bonds is 5. The van der Waals surface area contributed by atoms with E-state index in [-0.39, 0.29) is 4.90 Å². The molecule has 0 unspecified atom stereocenters. The summed E-state index contributed by atoms with van der Waals surface area (Å²) in [4.78, 5) is 12.0. The highest BCUT2D eigenvalue weighted by molar-refractivity contribution is 7.92. The van der Waals surface area contributed by atoms with Crippen LogP contribution in [-0.4, -0.2) is 20.0 Å². The summed E-state index contributed by atoms with van der Waals surface area (Å²) in [5.41, 5.74) is 1.84. The van der Waals surface area contributed by atoms with Crippen molar-refractivity contribution in [2.45, 2.75) is 11.8 Å². The van der Waals surface area contributed by atoms with E-state index in [1.807, 2.05) is 37.3 Å². The molecule has 2 aromatic rings. The molecule has 0 amide bonds. The summed E-state index contributed by atoms with van der Waals surface area (Å²) in [7, 11) is -3.58. The van der Waals surface area contributed by atoms with Gasteiger partial charge in [-0.05, 0) is 30.7 Å². The lowest BCUT2D eigenvalue weighted by molar-refractivity contribution is -0.112. The van der Waals surface area contributed by atoms with E-state index in [0.717, 1.165) is 11.1 Å². The lowest BCUT2D eigenvalue weighted by Crippen LogP contribution is -2.14. The summed E-state index contributed by atoms with van der Waals surface area (Å²) in [6.07, 6.45) is 2.92. The molecule has 0 radical (unpaired) electrons. The number of hydrogen-bond donors (Lipinski definition) is 0. The second-order valence-electron chi connectivity index (χ2n) is 4.78. The van der Waals surface area contributed by atoms with Gasteiger partial charge in [0.25, 0.3) is 0 Å². The first-order valence-electron chi connectivity index (χ1n) is 6.53. The molecule has 0 spiro atoms. The van der Waals surface area contributed by atoms with Gasteiger partial charge in [-0.3, -0.25) is 4.79 Å². The Morgan fingerprint density at radius 1 is 1.00 bits per heavy atom. The summed E-state index contributed by atoms with van der Waals surface area (Å²) < 4.78 is 24.2. The van der Waals surface area contributed by atoms with Crippen LogP contribution in [-0.2, 0) is 14.6 Å². The van der Waals surface area contributed by atoms with Crippen LogP contribution >= 0.6 is 0 Å². The monoisotopic (exact) mass is 300 g/mol. The highest BCUT2D eigenvalue weighted by atomic mass is 32.2. The Bertz CT molecular complexity index is 742. The molecule has 0 fully saturated rings. The zero-order valence-corrected chi connectivity index (χ0v) is 12.5. The molecule has 0 heterocycles. The Morgan fingerprint density at radius 3 is 2.24 bits per heavy atom. The minimum Gasteiger partial charge on any atom is -0.294 e. The standard InChI is InChI=1S/C17H16O3S/c1-14-7-11-17(12-8-14)21(19,20)13-16(18)10-9-15-5-3-2-4-6-15/h2-12H,13H2,1H3/b10-9-. The van der Waals surface area contributed by atoms with E-state index in [0.29, 0.717) is 0 Å². The van der Waals surface area contributed by atoms with Crippen LogP contribution in [0.3, 0.4) is 0 Å². The zero-order valence-electron chi connectivity index (χ0n) is 11.7. The largest absolute Gasteiger partial charge is 0.294 e. The SMILES string of the molecule is Cc1ccc(S(=O)(=O)CC(=O)/C=C\c2ccccc2)cc1. The van der Waals surface area contributed by atoms with Crippen LogP contribution in [0, 0.1) is 6.92 Å². The van der Waals surface area contributed by atoms with Gasteiger partial charge in [0.2, 0.25) is 0 Å². The number of allylic oxidation sites excluding steroid dienone is 1. The highest BCUT2D eigenvalue weighted by Gasteiger charge is 2.17. The van der Waals surface area contributed by atoms with Crippen LogP contribution in [0.2, 0.25) is 0 Å². The first-order valence-corrected chi connectivity index (χ1v) is 8.18.